The van der Waals surface area contributed by atoms with Gasteiger partial charge >= 0.3 is 0 Å². The summed E-state index contributed by atoms with van der Waals surface area (Å²) in [5.41, 5.74) is 3.61. The molecule has 29 heavy (non-hydrogen) atoms. The van der Waals surface area contributed by atoms with Crippen molar-refractivity contribution in [2.24, 2.45) is 5.92 Å². The summed E-state index contributed by atoms with van der Waals surface area (Å²) < 4.78 is 0. The molecule has 2 aromatic rings. The second-order valence-electron chi connectivity index (χ2n) is 8.06. The van der Waals surface area contributed by atoms with Crippen LogP contribution >= 0.6 is 0 Å². The molecule has 0 bridgehead atoms. The van der Waals surface area contributed by atoms with E-state index in [1.807, 2.05) is 25.1 Å². The number of nitrogens with zero attached hydrogens (tertiary/aromatic N) is 1. The average Bonchev–Trinajstić information content (AvgIpc) is 2.68. The highest BCUT2D eigenvalue weighted by atomic mass is 16.2. The number of amides is 3. The largest absolute Gasteiger partial charge is 0.350 e. The predicted molar refractivity (Wildman–Crippen MR) is 112 cm³/mol. The molecule has 1 heterocycles. The Morgan fingerprint density at radius 1 is 1.03 bits per heavy atom. The molecule has 0 aromatic heterocycles. The van der Waals surface area contributed by atoms with Crippen LogP contribution < -0.4 is 5.32 Å². The minimum atomic E-state index is -0.321. The first kappa shape index (κ1) is 20.8. The molecule has 3 amide bonds. The lowest BCUT2D eigenvalue weighted by Gasteiger charge is -2.26. The standard InChI is InChI=1S/C24H28N2O3/c1-16(2)14-18-8-10-19(11-9-18)17(3)25-22(27)12-13-26-23(28)15-20-6-4-5-7-21(20)24(26)29/h4-11,16-17H,12-15H2,1-3H3,(H,25,27)/t17-/m1/s1. The topological polar surface area (TPSA) is 66.5 Å². The van der Waals surface area contributed by atoms with E-state index in [2.05, 4.69) is 31.3 Å². The van der Waals surface area contributed by atoms with Crippen molar-refractivity contribution in [3.63, 3.8) is 0 Å². The van der Waals surface area contributed by atoms with Gasteiger partial charge in [-0.2, -0.15) is 0 Å². The van der Waals surface area contributed by atoms with Crippen molar-refractivity contribution >= 4 is 17.7 Å². The zero-order chi connectivity index (χ0) is 21.0. The molecule has 1 aliphatic heterocycles. The highest BCUT2D eigenvalue weighted by Gasteiger charge is 2.30. The van der Waals surface area contributed by atoms with Crippen LogP contribution in [-0.2, 0) is 22.4 Å². The number of imide groups is 1. The number of carbonyl (C=O) groups excluding carboxylic acids is 3. The van der Waals surface area contributed by atoms with Crippen LogP contribution in [-0.4, -0.2) is 29.2 Å². The second kappa shape index (κ2) is 9.03. The first-order chi connectivity index (χ1) is 13.8. The molecule has 0 radical (unpaired) electrons. The Balaban J connectivity index is 1.54. The minimum Gasteiger partial charge on any atom is -0.350 e. The molecule has 5 heteroatoms. The van der Waals surface area contributed by atoms with Gasteiger partial charge in [-0.05, 0) is 42.0 Å². The molecule has 0 unspecified atom stereocenters. The third kappa shape index (κ3) is 5.11. The van der Waals surface area contributed by atoms with Gasteiger partial charge in [-0.3, -0.25) is 19.3 Å². The Kier molecular flexibility index (Phi) is 6.47. The molecule has 0 spiro atoms. The molecular formula is C24H28N2O3. The Morgan fingerprint density at radius 3 is 2.41 bits per heavy atom. The summed E-state index contributed by atoms with van der Waals surface area (Å²) in [7, 11) is 0. The van der Waals surface area contributed by atoms with E-state index in [0.717, 1.165) is 17.5 Å². The summed E-state index contributed by atoms with van der Waals surface area (Å²) in [5.74, 6) is -0.151. The molecular weight excluding hydrogens is 364 g/mol. The first-order valence-corrected chi connectivity index (χ1v) is 10.2. The van der Waals surface area contributed by atoms with E-state index in [4.69, 9.17) is 0 Å². The van der Waals surface area contributed by atoms with Gasteiger partial charge in [0.05, 0.1) is 12.5 Å². The number of hydrogen-bond donors (Lipinski definition) is 1. The van der Waals surface area contributed by atoms with Crippen molar-refractivity contribution in [3.05, 3.63) is 70.8 Å². The van der Waals surface area contributed by atoms with E-state index in [9.17, 15) is 14.4 Å². The maximum Gasteiger partial charge on any atom is 0.260 e. The number of hydrogen-bond acceptors (Lipinski definition) is 3. The molecule has 1 N–H and O–H groups in total. The Bertz CT molecular complexity index is 903. The SMILES string of the molecule is CC(C)Cc1ccc([C@@H](C)NC(=O)CCN2C(=O)Cc3ccccc3C2=O)cc1. The quantitative estimate of drug-likeness (QED) is 0.731. The van der Waals surface area contributed by atoms with Gasteiger partial charge in [-0.15, -0.1) is 0 Å². The van der Waals surface area contributed by atoms with Gasteiger partial charge in [0.15, 0.2) is 0 Å². The highest BCUT2D eigenvalue weighted by Crippen LogP contribution is 2.20. The Hall–Kier alpha value is -2.95. The van der Waals surface area contributed by atoms with Crippen LogP contribution in [0.25, 0.3) is 0 Å². The van der Waals surface area contributed by atoms with Crippen LogP contribution in [0.1, 0.15) is 60.3 Å². The van der Waals surface area contributed by atoms with Crippen LogP contribution in [0.3, 0.4) is 0 Å². The zero-order valence-electron chi connectivity index (χ0n) is 17.3. The number of rotatable bonds is 7. The smallest absolute Gasteiger partial charge is 0.260 e. The van der Waals surface area contributed by atoms with Gasteiger partial charge in [0, 0.05) is 18.5 Å². The number of benzene rings is 2. The maximum absolute atomic E-state index is 12.6. The zero-order valence-corrected chi connectivity index (χ0v) is 17.3. The van der Waals surface area contributed by atoms with E-state index in [1.54, 1.807) is 18.2 Å². The van der Waals surface area contributed by atoms with E-state index < -0.39 is 0 Å². The summed E-state index contributed by atoms with van der Waals surface area (Å²) in [6.45, 7) is 6.40. The lowest BCUT2D eigenvalue weighted by atomic mass is 9.98. The molecule has 5 nitrogen and oxygen atoms in total. The van der Waals surface area contributed by atoms with Crippen molar-refractivity contribution in [3.8, 4) is 0 Å². The molecule has 1 atom stereocenters. The van der Waals surface area contributed by atoms with Crippen molar-refractivity contribution < 1.29 is 14.4 Å². The summed E-state index contributed by atoms with van der Waals surface area (Å²) in [5, 5.41) is 2.96. The molecule has 0 saturated heterocycles. The third-order valence-corrected chi connectivity index (χ3v) is 5.20. The fourth-order valence-electron chi connectivity index (χ4n) is 3.65. The molecule has 0 aliphatic carbocycles. The van der Waals surface area contributed by atoms with Gasteiger partial charge in [0.25, 0.3) is 5.91 Å². The van der Waals surface area contributed by atoms with Crippen LogP contribution in [0.4, 0.5) is 0 Å². The second-order valence-corrected chi connectivity index (χ2v) is 8.06. The van der Waals surface area contributed by atoms with Crippen LogP contribution in [0.2, 0.25) is 0 Å². The summed E-state index contributed by atoms with van der Waals surface area (Å²) in [4.78, 5) is 38.4. The van der Waals surface area contributed by atoms with Gasteiger partial charge in [-0.25, -0.2) is 0 Å². The average molecular weight is 392 g/mol. The van der Waals surface area contributed by atoms with Gasteiger partial charge in [0.2, 0.25) is 11.8 Å². The third-order valence-electron chi connectivity index (χ3n) is 5.20. The van der Waals surface area contributed by atoms with Gasteiger partial charge in [-0.1, -0.05) is 56.3 Å². The molecule has 0 saturated carbocycles. The predicted octanol–water partition coefficient (Wildman–Crippen LogP) is 3.68. The molecule has 2 aromatic carbocycles. The normalized spacial score (nSPS) is 14.7. The Labute approximate surface area is 172 Å². The van der Waals surface area contributed by atoms with E-state index in [0.29, 0.717) is 11.5 Å². The van der Waals surface area contributed by atoms with E-state index >= 15 is 0 Å². The fraction of sp³-hybridized carbons (Fsp3) is 0.375. The first-order valence-electron chi connectivity index (χ1n) is 10.2. The van der Waals surface area contributed by atoms with Crippen LogP contribution in [0.5, 0.6) is 0 Å². The van der Waals surface area contributed by atoms with Crippen molar-refractivity contribution in [1.82, 2.24) is 10.2 Å². The maximum atomic E-state index is 12.6. The lowest BCUT2D eigenvalue weighted by Crippen LogP contribution is -2.44. The molecule has 3 rings (SSSR count). The van der Waals surface area contributed by atoms with E-state index in [1.165, 1.54) is 10.5 Å². The number of fused-ring (bicyclic) bond motifs is 1. The molecule has 152 valence electrons. The van der Waals surface area contributed by atoms with Crippen molar-refractivity contribution in [2.45, 2.75) is 46.1 Å². The van der Waals surface area contributed by atoms with Crippen LogP contribution in [0.15, 0.2) is 48.5 Å². The molecule has 1 aliphatic rings. The Morgan fingerprint density at radius 2 is 1.72 bits per heavy atom. The van der Waals surface area contributed by atoms with Gasteiger partial charge < -0.3 is 5.32 Å². The number of nitrogens with one attached hydrogen (secondary N) is 1. The van der Waals surface area contributed by atoms with Crippen LogP contribution in [0, 0.1) is 5.92 Å². The minimum absolute atomic E-state index is 0.0927. The van der Waals surface area contributed by atoms with Crippen molar-refractivity contribution in [2.75, 3.05) is 6.54 Å². The monoisotopic (exact) mass is 392 g/mol. The van der Waals surface area contributed by atoms with E-state index in [-0.39, 0.29) is 43.1 Å². The summed E-state index contributed by atoms with van der Waals surface area (Å²) in [6, 6.07) is 15.3. The number of carbonyl (C=O) groups is 3. The summed E-state index contributed by atoms with van der Waals surface area (Å²) >= 11 is 0. The summed E-state index contributed by atoms with van der Waals surface area (Å²) in [6.07, 6.45) is 1.32. The van der Waals surface area contributed by atoms with Gasteiger partial charge in [0.1, 0.15) is 0 Å². The molecule has 0 fully saturated rings. The van der Waals surface area contributed by atoms with Crippen molar-refractivity contribution in [1.29, 1.82) is 0 Å². The lowest BCUT2D eigenvalue weighted by molar-refractivity contribution is -0.129. The highest BCUT2D eigenvalue weighted by molar-refractivity contribution is 6.09. The fourth-order valence-corrected chi connectivity index (χ4v) is 3.65.